The summed E-state index contributed by atoms with van der Waals surface area (Å²) in [6.45, 7) is 0. The predicted octanol–water partition coefficient (Wildman–Crippen LogP) is 4.64. The van der Waals surface area contributed by atoms with Gasteiger partial charge in [-0.25, -0.2) is 9.78 Å². The van der Waals surface area contributed by atoms with Crippen LogP contribution in [-0.2, 0) is 4.74 Å². The molecule has 8 heteroatoms. The second kappa shape index (κ2) is 6.76. The first-order chi connectivity index (χ1) is 11.5. The summed E-state index contributed by atoms with van der Waals surface area (Å²) >= 11 is 13.2. The van der Waals surface area contributed by atoms with Crippen molar-refractivity contribution >= 4 is 61.8 Å². The Balaban J connectivity index is 1.88. The zero-order chi connectivity index (χ0) is 17.3. The highest BCUT2D eigenvalue weighted by molar-refractivity contribution is 7.22. The molecule has 0 bridgehead atoms. The second-order valence-electron chi connectivity index (χ2n) is 4.75. The molecule has 0 aliphatic heterocycles. The molecule has 0 atom stereocenters. The fraction of sp³-hybridized carbons (Fsp3) is 0.0625. The highest BCUT2D eigenvalue weighted by Gasteiger charge is 2.15. The van der Waals surface area contributed by atoms with Gasteiger partial charge in [-0.05, 0) is 30.3 Å². The average molecular weight is 381 g/mol. The van der Waals surface area contributed by atoms with Crippen LogP contribution in [0, 0.1) is 0 Å². The number of amides is 1. The lowest BCUT2D eigenvalue weighted by Gasteiger charge is -2.04. The van der Waals surface area contributed by atoms with E-state index >= 15 is 0 Å². The molecule has 1 aromatic heterocycles. The number of halogens is 2. The molecular formula is C16H10Cl2N2O3S. The smallest absolute Gasteiger partial charge is 0.337 e. The highest BCUT2D eigenvalue weighted by Crippen LogP contribution is 2.29. The number of benzene rings is 2. The molecule has 0 aliphatic carbocycles. The van der Waals surface area contributed by atoms with Gasteiger partial charge in [-0.3, -0.25) is 10.1 Å². The summed E-state index contributed by atoms with van der Waals surface area (Å²) < 4.78 is 5.44. The number of ether oxygens (including phenoxy) is 1. The van der Waals surface area contributed by atoms with E-state index in [0.717, 1.165) is 4.70 Å². The molecule has 5 nitrogen and oxygen atoms in total. The van der Waals surface area contributed by atoms with Crippen LogP contribution >= 0.6 is 34.5 Å². The molecule has 0 saturated heterocycles. The van der Waals surface area contributed by atoms with E-state index < -0.39 is 11.9 Å². The highest BCUT2D eigenvalue weighted by atomic mass is 35.5. The van der Waals surface area contributed by atoms with Crippen LogP contribution in [-0.4, -0.2) is 24.0 Å². The molecule has 2 aromatic carbocycles. The lowest BCUT2D eigenvalue weighted by Crippen LogP contribution is -2.12. The summed E-state index contributed by atoms with van der Waals surface area (Å²) in [5, 5.41) is 3.57. The largest absolute Gasteiger partial charge is 0.465 e. The standard InChI is InChI=1S/C16H10Cl2N2O3S/c1-23-15(22)8-5-6-11-12(7-8)24-16(19-11)20-14(21)9-3-2-4-10(17)13(9)18/h2-7H,1H3,(H,19,20,21). The van der Waals surface area contributed by atoms with E-state index in [1.807, 2.05) is 0 Å². The minimum absolute atomic E-state index is 0.186. The van der Waals surface area contributed by atoms with E-state index in [1.165, 1.54) is 18.4 Å². The number of nitrogens with zero attached hydrogens (tertiary/aromatic N) is 1. The molecule has 0 aliphatic rings. The number of hydrogen-bond acceptors (Lipinski definition) is 5. The van der Waals surface area contributed by atoms with Gasteiger partial charge in [0.15, 0.2) is 5.13 Å². The minimum Gasteiger partial charge on any atom is -0.465 e. The number of rotatable bonds is 3. The first kappa shape index (κ1) is 16.7. The van der Waals surface area contributed by atoms with E-state index in [9.17, 15) is 9.59 Å². The Bertz CT molecular complexity index is 956. The summed E-state index contributed by atoms with van der Waals surface area (Å²) in [5.74, 6) is -0.837. The van der Waals surface area contributed by atoms with Crippen molar-refractivity contribution in [3.05, 3.63) is 57.6 Å². The van der Waals surface area contributed by atoms with Crippen LogP contribution in [0.2, 0.25) is 10.0 Å². The summed E-state index contributed by atoms with van der Waals surface area (Å²) in [7, 11) is 1.32. The normalized spacial score (nSPS) is 10.6. The van der Waals surface area contributed by atoms with Crippen LogP contribution < -0.4 is 5.32 Å². The maximum atomic E-state index is 12.3. The van der Waals surface area contributed by atoms with Gasteiger partial charge in [0.1, 0.15) is 0 Å². The van der Waals surface area contributed by atoms with Gasteiger partial charge in [0.05, 0.1) is 38.5 Å². The van der Waals surface area contributed by atoms with Gasteiger partial charge >= 0.3 is 5.97 Å². The van der Waals surface area contributed by atoms with Crippen LogP contribution in [0.25, 0.3) is 10.2 Å². The summed E-state index contributed by atoms with van der Waals surface area (Å²) in [6.07, 6.45) is 0. The molecule has 3 rings (SSSR count). The van der Waals surface area contributed by atoms with Gasteiger partial charge in [0, 0.05) is 0 Å². The number of carbonyl (C=O) groups is 2. The maximum absolute atomic E-state index is 12.3. The number of methoxy groups -OCH3 is 1. The molecule has 122 valence electrons. The van der Waals surface area contributed by atoms with Gasteiger partial charge in [0.2, 0.25) is 0 Å². The number of carbonyl (C=O) groups excluding carboxylic acids is 2. The number of aromatic nitrogens is 1. The van der Waals surface area contributed by atoms with Gasteiger partial charge in [-0.1, -0.05) is 40.6 Å². The van der Waals surface area contributed by atoms with Crippen molar-refractivity contribution in [1.29, 1.82) is 0 Å². The third-order valence-corrected chi connectivity index (χ3v) is 4.98. The maximum Gasteiger partial charge on any atom is 0.337 e. The molecule has 24 heavy (non-hydrogen) atoms. The third-order valence-electron chi connectivity index (χ3n) is 3.23. The zero-order valence-electron chi connectivity index (χ0n) is 12.3. The molecular weight excluding hydrogens is 371 g/mol. The monoisotopic (exact) mass is 380 g/mol. The third kappa shape index (κ3) is 3.21. The fourth-order valence-corrected chi connectivity index (χ4v) is 3.35. The Kier molecular flexibility index (Phi) is 4.71. The summed E-state index contributed by atoms with van der Waals surface area (Å²) in [4.78, 5) is 28.2. The molecule has 0 saturated carbocycles. The lowest BCUT2D eigenvalue weighted by molar-refractivity contribution is 0.0601. The van der Waals surface area contributed by atoms with Gasteiger partial charge < -0.3 is 4.74 Å². The minimum atomic E-state index is -0.429. The van der Waals surface area contributed by atoms with E-state index in [1.54, 1.807) is 36.4 Å². The molecule has 1 amide bonds. The van der Waals surface area contributed by atoms with E-state index in [2.05, 4.69) is 15.0 Å². The lowest BCUT2D eigenvalue weighted by atomic mass is 10.2. The first-order valence-corrected chi connectivity index (χ1v) is 8.31. The average Bonchev–Trinajstić information content (AvgIpc) is 2.97. The number of hydrogen-bond donors (Lipinski definition) is 1. The van der Waals surface area contributed by atoms with Crippen molar-refractivity contribution in [2.45, 2.75) is 0 Å². The summed E-state index contributed by atoms with van der Waals surface area (Å²) in [6, 6.07) is 9.80. The van der Waals surface area contributed by atoms with Crippen molar-refractivity contribution in [3.63, 3.8) is 0 Å². The molecule has 0 unspecified atom stereocenters. The van der Waals surface area contributed by atoms with Crippen LogP contribution in [0.15, 0.2) is 36.4 Å². The quantitative estimate of drug-likeness (QED) is 0.671. The van der Waals surface area contributed by atoms with Crippen LogP contribution in [0.4, 0.5) is 5.13 Å². The fourth-order valence-electron chi connectivity index (χ4n) is 2.07. The number of nitrogens with one attached hydrogen (secondary N) is 1. The van der Waals surface area contributed by atoms with Crippen molar-refractivity contribution < 1.29 is 14.3 Å². The van der Waals surface area contributed by atoms with Crippen molar-refractivity contribution in [2.24, 2.45) is 0 Å². The molecule has 1 N–H and O–H groups in total. The Morgan fingerprint density at radius 1 is 1.21 bits per heavy atom. The van der Waals surface area contributed by atoms with Crippen LogP contribution in [0.1, 0.15) is 20.7 Å². The molecule has 0 radical (unpaired) electrons. The van der Waals surface area contributed by atoms with Crippen molar-refractivity contribution in [3.8, 4) is 0 Å². The van der Waals surface area contributed by atoms with Crippen LogP contribution in [0.3, 0.4) is 0 Å². The molecule has 0 fully saturated rings. The first-order valence-electron chi connectivity index (χ1n) is 6.74. The second-order valence-corrected chi connectivity index (χ2v) is 6.56. The topological polar surface area (TPSA) is 68.3 Å². The zero-order valence-corrected chi connectivity index (χ0v) is 14.6. The Hall–Kier alpha value is -2.15. The molecule has 0 spiro atoms. The van der Waals surface area contributed by atoms with E-state index in [4.69, 9.17) is 23.2 Å². The molecule has 3 aromatic rings. The number of anilines is 1. The van der Waals surface area contributed by atoms with Crippen molar-refractivity contribution in [2.75, 3.05) is 12.4 Å². The Morgan fingerprint density at radius 2 is 2.00 bits per heavy atom. The van der Waals surface area contributed by atoms with Gasteiger partial charge in [-0.2, -0.15) is 0 Å². The van der Waals surface area contributed by atoms with Crippen molar-refractivity contribution in [1.82, 2.24) is 4.98 Å². The number of thiazole rings is 1. The van der Waals surface area contributed by atoms with E-state index in [0.29, 0.717) is 21.2 Å². The van der Waals surface area contributed by atoms with E-state index in [-0.39, 0.29) is 10.6 Å². The SMILES string of the molecule is COC(=O)c1ccc2nc(NC(=O)c3cccc(Cl)c3Cl)sc2c1. The summed E-state index contributed by atoms with van der Waals surface area (Å²) in [5.41, 5.74) is 1.35. The molecule has 1 heterocycles. The van der Waals surface area contributed by atoms with Gasteiger partial charge in [-0.15, -0.1) is 0 Å². The number of fused-ring (bicyclic) bond motifs is 1. The Morgan fingerprint density at radius 3 is 2.75 bits per heavy atom. The van der Waals surface area contributed by atoms with Crippen LogP contribution in [0.5, 0.6) is 0 Å². The number of esters is 1. The van der Waals surface area contributed by atoms with Gasteiger partial charge in [0.25, 0.3) is 5.91 Å². The predicted molar refractivity (Wildman–Crippen MR) is 95.4 cm³/mol. The Labute approximate surface area is 151 Å².